The zero-order chi connectivity index (χ0) is 12.9. The van der Waals surface area contributed by atoms with Gasteiger partial charge in [-0.05, 0) is 31.4 Å². The zero-order valence-corrected chi connectivity index (χ0v) is 10.1. The molecule has 0 aromatic heterocycles. The zero-order valence-electron chi connectivity index (χ0n) is 10.1. The number of hydrogen-bond acceptors (Lipinski definition) is 3. The van der Waals surface area contributed by atoms with Crippen LogP contribution >= 0.6 is 0 Å². The molecule has 0 radical (unpaired) electrons. The van der Waals surface area contributed by atoms with Crippen molar-refractivity contribution in [3.8, 4) is 5.75 Å². The SMILES string of the molecule is COC(C)(CCc1ccccc1O)CC(=O)O. The van der Waals surface area contributed by atoms with Gasteiger partial charge >= 0.3 is 5.97 Å². The van der Waals surface area contributed by atoms with Gasteiger partial charge in [-0.1, -0.05) is 18.2 Å². The minimum absolute atomic E-state index is 0.0445. The Morgan fingerprint density at radius 1 is 1.41 bits per heavy atom. The number of carboxylic acid groups (broad SMARTS) is 1. The van der Waals surface area contributed by atoms with E-state index in [2.05, 4.69) is 0 Å². The Kier molecular flexibility index (Phi) is 4.52. The molecule has 1 unspecified atom stereocenters. The summed E-state index contributed by atoms with van der Waals surface area (Å²) in [5.41, 5.74) is 0.106. The Hall–Kier alpha value is -1.55. The summed E-state index contributed by atoms with van der Waals surface area (Å²) in [4.78, 5) is 10.7. The normalized spacial score (nSPS) is 14.2. The number of methoxy groups -OCH3 is 1. The lowest BCUT2D eigenvalue weighted by atomic mass is 9.93. The van der Waals surface area contributed by atoms with Gasteiger partial charge in [0.1, 0.15) is 5.75 Å². The van der Waals surface area contributed by atoms with Crippen LogP contribution in [0.1, 0.15) is 25.3 Å². The predicted octanol–water partition coefficient (Wildman–Crippen LogP) is 2.20. The van der Waals surface area contributed by atoms with Gasteiger partial charge in [0, 0.05) is 7.11 Å². The largest absolute Gasteiger partial charge is 0.508 e. The van der Waals surface area contributed by atoms with E-state index in [1.165, 1.54) is 7.11 Å². The number of ether oxygens (including phenoxy) is 1. The number of rotatable bonds is 6. The summed E-state index contributed by atoms with van der Waals surface area (Å²) < 4.78 is 5.25. The highest BCUT2D eigenvalue weighted by atomic mass is 16.5. The molecule has 1 atom stereocenters. The Morgan fingerprint density at radius 2 is 2.06 bits per heavy atom. The standard InChI is InChI=1S/C13H18O4/c1-13(17-2,9-12(15)16)8-7-10-5-3-4-6-11(10)14/h3-6,14H,7-9H2,1-2H3,(H,15,16). The van der Waals surface area contributed by atoms with Crippen molar-refractivity contribution in [2.75, 3.05) is 7.11 Å². The van der Waals surface area contributed by atoms with Gasteiger partial charge in [0.05, 0.1) is 12.0 Å². The first-order valence-electron chi connectivity index (χ1n) is 5.51. The summed E-state index contributed by atoms with van der Waals surface area (Å²) in [7, 11) is 1.51. The number of aryl methyl sites for hydroxylation is 1. The van der Waals surface area contributed by atoms with Crippen LogP contribution in [0.25, 0.3) is 0 Å². The van der Waals surface area contributed by atoms with Gasteiger partial charge < -0.3 is 14.9 Å². The number of hydrogen-bond donors (Lipinski definition) is 2. The second-order valence-electron chi connectivity index (χ2n) is 4.35. The Balaban J connectivity index is 2.65. The lowest BCUT2D eigenvalue weighted by Crippen LogP contribution is -2.31. The molecular weight excluding hydrogens is 220 g/mol. The molecule has 1 rings (SSSR count). The van der Waals surface area contributed by atoms with Crippen LogP contribution in [-0.4, -0.2) is 28.9 Å². The highest BCUT2D eigenvalue weighted by Gasteiger charge is 2.27. The minimum atomic E-state index is -0.883. The maximum absolute atomic E-state index is 10.7. The van der Waals surface area contributed by atoms with E-state index in [1.807, 2.05) is 12.1 Å². The van der Waals surface area contributed by atoms with E-state index in [0.717, 1.165) is 5.56 Å². The number of phenols is 1. The van der Waals surface area contributed by atoms with E-state index in [-0.39, 0.29) is 12.2 Å². The molecule has 4 heteroatoms. The van der Waals surface area contributed by atoms with E-state index < -0.39 is 11.6 Å². The van der Waals surface area contributed by atoms with Crippen LogP contribution in [0, 0.1) is 0 Å². The lowest BCUT2D eigenvalue weighted by Gasteiger charge is -2.26. The molecule has 0 aliphatic heterocycles. The van der Waals surface area contributed by atoms with Gasteiger partial charge in [-0.15, -0.1) is 0 Å². The number of para-hydroxylation sites is 1. The number of benzene rings is 1. The van der Waals surface area contributed by atoms with E-state index in [0.29, 0.717) is 12.8 Å². The second kappa shape index (κ2) is 5.68. The van der Waals surface area contributed by atoms with Crippen molar-refractivity contribution in [2.24, 2.45) is 0 Å². The molecule has 0 aliphatic carbocycles. The van der Waals surface area contributed by atoms with Crippen LogP contribution in [0.4, 0.5) is 0 Å². The molecule has 0 spiro atoms. The first-order valence-corrected chi connectivity index (χ1v) is 5.51. The molecule has 94 valence electrons. The predicted molar refractivity (Wildman–Crippen MR) is 64.1 cm³/mol. The highest BCUT2D eigenvalue weighted by Crippen LogP contribution is 2.25. The third-order valence-electron chi connectivity index (χ3n) is 2.93. The molecule has 0 heterocycles. The van der Waals surface area contributed by atoms with E-state index in [1.54, 1.807) is 19.1 Å². The number of aromatic hydroxyl groups is 1. The Labute approximate surface area is 101 Å². The molecule has 1 aromatic carbocycles. The van der Waals surface area contributed by atoms with Gasteiger partial charge in [0.25, 0.3) is 0 Å². The van der Waals surface area contributed by atoms with Crippen molar-refractivity contribution in [3.63, 3.8) is 0 Å². The average Bonchev–Trinajstić information content (AvgIpc) is 2.27. The summed E-state index contributed by atoms with van der Waals surface area (Å²) in [6.45, 7) is 1.76. The highest BCUT2D eigenvalue weighted by molar-refractivity contribution is 5.68. The first kappa shape index (κ1) is 13.5. The summed E-state index contributed by atoms with van der Waals surface area (Å²) in [6, 6.07) is 7.05. The van der Waals surface area contributed by atoms with Gasteiger partial charge in [-0.3, -0.25) is 4.79 Å². The fraction of sp³-hybridized carbons (Fsp3) is 0.462. The topological polar surface area (TPSA) is 66.8 Å². The van der Waals surface area contributed by atoms with E-state index in [9.17, 15) is 9.90 Å². The number of carbonyl (C=O) groups is 1. The molecule has 0 saturated carbocycles. The van der Waals surface area contributed by atoms with E-state index >= 15 is 0 Å². The van der Waals surface area contributed by atoms with Gasteiger partial charge in [0.2, 0.25) is 0 Å². The van der Waals surface area contributed by atoms with Crippen LogP contribution < -0.4 is 0 Å². The molecule has 17 heavy (non-hydrogen) atoms. The molecule has 2 N–H and O–H groups in total. The van der Waals surface area contributed by atoms with Crippen molar-refractivity contribution >= 4 is 5.97 Å². The van der Waals surface area contributed by atoms with Crippen molar-refractivity contribution in [2.45, 2.75) is 31.8 Å². The molecule has 0 amide bonds. The molecular formula is C13H18O4. The molecule has 1 aromatic rings. The first-order chi connectivity index (χ1) is 7.97. The monoisotopic (exact) mass is 238 g/mol. The van der Waals surface area contributed by atoms with Crippen molar-refractivity contribution < 1.29 is 19.7 Å². The van der Waals surface area contributed by atoms with Crippen LogP contribution in [0.15, 0.2) is 24.3 Å². The van der Waals surface area contributed by atoms with Gasteiger partial charge in [-0.2, -0.15) is 0 Å². The fourth-order valence-corrected chi connectivity index (χ4v) is 1.70. The maximum atomic E-state index is 10.7. The minimum Gasteiger partial charge on any atom is -0.508 e. The van der Waals surface area contributed by atoms with Crippen LogP contribution in [0.2, 0.25) is 0 Å². The average molecular weight is 238 g/mol. The quantitative estimate of drug-likeness (QED) is 0.797. The van der Waals surface area contributed by atoms with Gasteiger partial charge in [-0.25, -0.2) is 0 Å². The molecule has 0 saturated heterocycles. The maximum Gasteiger partial charge on any atom is 0.306 e. The van der Waals surface area contributed by atoms with E-state index in [4.69, 9.17) is 9.84 Å². The van der Waals surface area contributed by atoms with Crippen molar-refractivity contribution in [1.29, 1.82) is 0 Å². The van der Waals surface area contributed by atoms with Crippen molar-refractivity contribution in [1.82, 2.24) is 0 Å². The van der Waals surface area contributed by atoms with Gasteiger partial charge in [0.15, 0.2) is 0 Å². The number of aliphatic carboxylic acids is 1. The van der Waals surface area contributed by atoms with Crippen molar-refractivity contribution in [3.05, 3.63) is 29.8 Å². The lowest BCUT2D eigenvalue weighted by molar-refractivity contribution is -0.143. The third-order valence-corrected chi connectivity index (χ3v) is 2.93. The summed E-state index contributed by atoms with van der Waals surface area (Å²) in [5, 5.41) is 18.4. The Bertz CT molecular complexity index is 389. The number of phenolic OH excluding ortho intramolecular Hbond substituents is 1. The summed E-state index contributed by atoms with van der Waals surface area (Å²) in [5.74, 6) is -0.645. The third kappa shape index (κ3) is 4.07. The molecule has 0 aliphatic rings. The summed E-state index contributed by atoms with van der Waals surface area (Å²) in [6.07, 6.45) is 1.09. The second-order valence-corrected chi connectivity index (χ2v) is 4.35. The Morgan fingerprint density at radius 3 is 2.59 bits per heavy atom. The number of carboxylic acids is 1. The van der Waals surface area contributed by atoms with Crippen LogP contribution in [0.3, 0.4) is 0 Å². The fourth-order valence-electron chi connectivity index (χ4n) is 1.70. The van der Waals surface area contributed by atoms with Crippen LogP contribution in [-0.2, 0) is 16.0 Å². The molecule has 4 nitrogen and oxygen atoms in total. The molecule has 0 bridgehead atoms. The summed E-state index contributed by atoms with van der Waals surface area (Å²) >= 11 is 0. The molecule has 0 fully saturated rings. The van der Waals surface area contributed by atoms with Crippen LogP contribution in [0.5, 0.6) is 5.75 Å². The smallest absolute Gasteiger partial charge is 0.306 e.